The molecule has 2 aromatic rings. The Morgan fingerprint density at radius 1 is 0.885 bits per heavy atom. The lowest BCUT2D eigenvalue weighted by Gasteiger charge is -2.46. The van der Waals surface area contributed by atoms with Crippen LogP contribution in [0.3, 0.4) is 0 Å². The highest BCUT2D eigenvalue weighted by molar-refractivity contribution is 5.17. The molecule has 0 saturated carbocycles. The summed E-state index contributed by atoms with van der Waals surface area (Å²) in [5.74, 6) is 0. The molecule has 0 bridgehead atoms. The quantitative estimate of drug-likeness (QED) is 0.867. The van der Waals surface area contributed by atoms with Crippen molar-refractivity contribution in [1.82, 2.24) is 0 Å². The van der Waals surface area contributed by atoms with Crippen molar-refractivity contribution in [2.75, 3.05) is 6.61 Å². The normalized spacial score (nSPS) is 34.2. The van der Waals surface area contributed by atoms with E-state index in [-0.39, 0.29) is 13.2 Å². The predicted octanol–water partition coefficient (Wildman–Crippen LogP) is 1.76. The van der Waals surface area contributed by atoms with Gasteiger partial charge >= 0.3 is 0 Å². The second-order valence-electron chi connectivity index (χ2n) is 6.50. The molecule has 0 amide bonds. The van der Waals surface area contributed by atoms with Gasteiger partial charge in [-0.3, -0.25) is 0 Å². The Labute approximate surface area is 151 Å². The van der Waals surface area contributed by atoms with Gasteiger partial charge in [0.05, 0.1) is 13.2 Å². The number of rotatable bonds is 4. The Morgan fingerprint density at radius 2 is 1.58 bits per heavy atom. The van der Waals surface area contributed by atoms with Gasteiger partial charge in [0, 0.05) is 5.56 Å². The van der Waals surface area contributed by atoms with Gasteiger partial charge in [-0.1, -0.05) is 60.7 Å². The number of ether oxygens (including phenoxy) is 4. The van der Waals surface area contributed by atoms with Gasteiger partial charge in [0.25, 0.3) is 0 Å². The third-order valence-electron chi connectivity index (χ3n) is 4.66. The Morgan fingerprint density at radius 3 is 2.31 bits per heavy atom. The lowest BCUT2D eigenvalue weighted by molar-refractivity contribution is -0.362. The van der Waals surface area contributed by atoms with Crippen molar-refractivity contribution < 1.29 is 29.2 Å². The van der Waals surface area contributed by atoms with E-state index in [1.165, 1.54) is 0 Å². The summed E-state index contributed by atoms with van der Waals surface area (Å²) in [6.45, 7) is 0.528. The first-order valence-electron chi connectivity index (χ1n) is 8.71. The molecular formula is C20H22O6. The van der Waals surface area contributed by atoms with Crippen LogP contribution in [0.4, 0.5) is 0 Å². The van der Waals surface area contributed by atoms with E-state index >= 15 is 0 Å². The van der Waals surface area contributed by atoms with Gasteiger partial charge in [-0.25, -0.2) is 0 Å². The van der Waals surface area contributed by atoms with E-state index < -0.39 is 37.0 Å². The van der Waals surface area contributed by atoms with Gasteiger partial charge in [0.15, 0.2) is 12.6 Å². The minimum absolute atomic E-state index is 0.249. The van der Waals surface area contributed by atoms with Crippen LogP contribution in [0.5, 0.6) is 0 Å². The second-order valence-corrected chi connectivity index (χ2v) is 6.50. The topological polar surface area (TPSA) is 77.4 Å². The lowest BCUT2D eigenvalue weighted by atomic mass is 9.98. The molecule has 2 aliphatic heterocycles. The van der Waals surface area contributed by atoms with Gasteiger partial charge in [0.2, 0.25) is 0 Å². The van der Waals surface area contributed by atoms with Crippen LogP contribution in [0, 0.1) is 0 Å². The van der Waals surface area contributed by atoms with Crippen molar-refractivity contribution >= 4 is 0 Å². The van der Waals surface area contributed by atoms with Crippen LogP contribution >= 0.6 is 0 Å². The van der Waals surface area contributed by atoms with Crippen LogP contribution in [-0.4, -0.2) is 47.5 Å². The summed E-state index contributed by atoms with van der Waals surface area (Å²) in [4.78, 5) is 0. The number of hydrogen-bond donors (Lipinski definition) is 2. The van der Waals surface area contributed by atoms with Crippen molar-refractivity contribution in [2.24, 2.45) is 0 Å². The van der Waals surface area contributed by atoms with E-state index in [4.69, 9.17) is 18.9 Å². The summed E-state index contributed by atoms with van der Waals surface area (Å²) in [7, 11) is 0. The van der Waals surface area contributed by atoms with E-state index in [1.54, 1.807) is 0 Å². The molecule has 6 atom stereocenters. The molecule has 26 heavy (non-hydrogen) atoms. The fraction of sp³-hybridized carbons (Fsp3) is 0.400. The Kier molecular flexibility index (Phi) is 5.31. The third kappa shape index (κ3) is 3.66. The lowest BCUT2D eigenvalue weighted by Crippen LogP contribution is -2.62. The smallest absolute Gasteiger partial charge is 0.187 e. The number of hydrogen-bond acceptors (Lipinski definition) is 6. The number of benzene rings is 2. The molecule has 0 aliphatic carbocycles. The average molecular weight is 358 g/mol. The predicted molar refractivity (Wildman–Crippen MR) is 91.9 cm³/mol. The molecule has 0 aromatic heterocycles. The summed E-state index contributed by atoms with van der Waals surface area (Å²) < 4.78 is 23.1. The van der Waals surface area contributed by atoms with Gasteiger partial charge in [-0.2, -0.15) is 0 Å². The Hall–Kier alpha value is -1.80. The maximum Gasteiger partial charge on any atom is 0.187 e. The molecule has 4 rings (SSSR count). The molecule has 1 unspecified atom stereocenters. The zero-order valence-electron chi connectivity index (χ0n) is 14.2. The van der Waals surface area contributed by atoms with Crippen molar-refractivity contribution in [3.8, 4) is 0 Å². The molecule has 2 saturated heterocycles. The highest BCUT2D eigenvalue weighted by Crippen LogP contribution is 2.34. The fourth-order valence-electron chi connectivity index (χ4n) is 3.25. The summed E-state index contributed by atoms with van der Waals surface area (Å²) >= 11 is 0. The van der Waals surface area contributed by atoms with Crippen LogP contribution in [0.25, 0.3) is 0 Å². The molecule has 2 aromatic carbocycles. The monoisotopic (exact) mass is 358 g/mol. The van der Waals surface area contributed by atoms with Crippen LogP contribution in [0.2, 0.25) is 0 Å². The van der Waals surface area contributed by atoms with E-state index in [0.717, 1.165) is 11.1 Å². The van der Waals surface area contributed by atoms with Crippen molar-refractivity contribution in [3.05, 3.63) is 71.8 Å². The fourth-order valence-corrected chi connectivity index (χ4v) is 3.25. The van der Waals surface area contributed by atoms with Crippen molar-refractivity contribution in [1.29, 1.82) is 0 Å². The molecule has 0 spiro atoms. The van der Waals surface area contributed by atoms with Gasteiger partial charge in [0.1, 0.15) is 24.4 Å². The van der Waals surface area contributed by atoms with Crippen LogP contribution in [-0.2, 0) is 25.6 Å². The zero-order chi connectivity index (χ0) is 17.9. The Balaban J connectivity index is 1.40. The van der Waals surface area contributed by atoms with Gasteiger partial charge in [-0.05, 0) is 5.56 Å². The maximum atomic E-state index is 10.5. The molecular weight excluding hydrogens is 336 g/mol. The SMILES string of the molecule is O[C@@H]1[C@@H](O)[C@@H](OCc2ccccc2)O[C@@H]2COC(c3ccccc3)O[C@@H]12. The van der Waals surface area contributed by atoms with Crippen LogP contribution < -0.4 is 0 Å². The van der Waals surface area contributed by atoms with Gasteiger partial charge < -0.3 is 29.2 Å². The molecule has 6 heteroatoms. The molecule has 0 radical (unpaired) electrons. The van der Waals surface area contributed by atoms with Crippen LogP contribution in [0.15, 0.2) is 60.7 Å². The molecule has 2 fully saturated rings. The van der Waals surface area contributed by atoms with Crippen molar-refractivity contribution in [3.63, 3.8) is 0 Å². The van der Waals surface area contributed by atoms with E-state index in [1.807, 2.05) is 60.7 Å². The Bertz CT molecular complexity index is 692. The summed E-state index contributed by atoms with van der Waals surface area (Å²) in [5, 5.41) is 20.9. The van der Waals surface area contributed by atoms with E-state index in [2.05, 4.69) is 0 Å². The number of fused-ring (bicyclic) bond motifs is 1. The van der Waals surface area contributed by atoms with Crippen molar-refractivity contribution in [2.45, 2.75) is 43.6 Å². The summed E-state index contributed by atoms with van der Waals surface area (Å²) in [6, 6.07) is 19.1. The second kappa shape index (κ2) is 7.84. The van der Waals surface area contributed by atoms with E-state index in [9.17, 15) is 10.2 Å². The van der Waals surface area contributed by atoms with E-state index in [0.29, 0.717) is 0 Å². The van der Waals surface area contributed by atoms with Crippen LogP contribution in [0.1, 0.15) is 17.4 Å². The summed E-state index contributed by atoms with van der Waals surface area (Å²) in [5.41, 5.74) is 1.82. The molecule has 6 nitrogen and oxygen atoms in total. The number of aliphatic hydroxyl groups is 2. The minimum Gasteiger partial charge on any atom is -0.387 e. The maximum absolute atomic E-state index is 10.5. The number of aliphatic hydroxyl groups excluding tert-OH is 2. The third-order valence-corrected chi connectivity index (χ3v) is 4.66. The zero-order valence-corrected chi connectivity index (χ0v) is 14.2. The first-order chi connectivity index (χ1) is 12.7. The minimum atomic E-state index is -1.20. The highest BCUT2D eigenvalue weighted by Gasteiger charge is 2.49. The molecule has 138 valence electrons. The van der Waals surface area contributed by atoms with Gasteiger partial charge in [-0.15, -0.1) is 0 Å². The largest absolute Gasteiger partial charge is 0.387 e. The molecule has 2 aliphatic rings. The first kappa shape index (κ1) is 17.6. The highest BCUT2D eigenvalue weighted by atomic mass is 16.8. The molecule has 2 N–H and O–H groups in total. The molecule has 2 heterocycles. The average Bonchev–Trinajstić information content (AvgIpc) is 2.71. The summed E-state index contributed by atoms with van der Waals surface area (Å²) in [6.07, 6.45) is -5.04. The first-order valence-corrected chi connectivity index (χ1v) is 8.71. The standard InChI is InChI=1S/C20H22O6/c21-16-17(22)20(23-11-13-7-3-1-4-8-13)25-15-12-24-19(26-18(15)16)14-9-5-2-6-10-14/h1-10,15-22H,11-12H2/t15-,16-,17-,18-,19?,20+/m1/s1.